The number of alkyl halides is 3. The van der Waals surface area contributed by atoms with Crippen LogP contribution in [0.5, 0.6) is 0 Å². The van der Waals surface area contributed by atoms with E-state index in [0.717, 1.165) is 0 Å². The fourth-order valence-corrected chi connectivity index (χ4v) is 3.14. The minimum absolute atomic E-state index is 0.0405. The Labute approximate surface area is 130 Å². The average molecular weight is 327 g/mol. The van der Waals surface area contributed by atoms with Crippen LogP contribution >= 0.6 is 0 Å². The first-order valence-electron chi connectivity index (χ1n) is 7.39. The van der Waals surface area contributed by atoms with Gasteiger partial charge in [-0.25, -0.2) is 0 Å². The monoisotopic (exact) mass is 327 g/mol. The molecule has 23 heavy (non-hydrogen) atoms. The smallest absolute Gasteiger partial charge is 0.362 e. The van der Waals surface area contributed by atoms with Gasteiger partial charge in [0.05, 0.1) is 11.5 Å². The molecule has 0 spiro atoms. The Hall–Kier alpha value is -1.96. The predicted octanol–water partition coefficient (Wildman–Crippen LogP) is 2.64. The Morgan fingerprint density at radius 2 is 2.13 bits per heavy atom. The van der Waals surface area contributed by atoms with Crippen LogP contribution in [-0.4, -0.2) is 38.6 Å². The van der Waals surface area contributed by atoms with Gasteiger partial charge in [0.25, 0.3) is 11.6 Å². The Morgan fingerprint density at radius 3 is 2.74 bits per heavy atom. The van der Waals surface area contributed by atoms with E-state index in [1.165, 1.54) is 18.3 Å². The first kappa shape index (κ1) is 15.9. The molecule has 1 N–H and O–H groups in total. The molecule has 8 heteroatoms. The highest BCUT2D eigenvalue weighted by Crippen LogP contribution is 2.48. The molecule has 2 heterocycles. The molecular weight excluding hydrogens is 311 g/mol. The highest BCUT2D eigenvalue weighted by atomic mass is 19.4. The standard InChI is InChI=1S/C15H16F3N3O2/c1-9-6-7-10(8-19-9)13(22)21-14(23,15(16,17)18)11-4-2-3-5-12(11)20-21/h6-8,11,23H,2-5H2,1H3/t11-,14+/m0/s1. The molecule has 0 radical (unpaired) electrons. The molecule has 0 aromatic carbocycles. The van der Waals surface area contributed by atoms with E-state index >= 15 is 0 Å². The van der Waals surface area contributed by atoms with Gasteiger partial charge in [0.1, 0.15) is 0 Å². The molecule has 0 unspecified atom stereocenters. The average Bonchev–Trinajstić information content (AvgIpc) is 2.82. The summed E-state index contributed by atoms with van der Waals surface area (Å²) >= 11 is 0. The molecule has 1 amide bonds. The third-order valence-electron chi connectivity index (χ3n) is 4.38. The summed E-state index contributed by atoms with van der Waals surface area (Å²) < 4.78 is 40.7. The Bertz CT molecular complexity index is 657. The lowest BCUT2D eigenvalue weighted by Crippen LogP contribution is -2.61. The van der Waals surface area contributed by atoms with Crippen molar-refractivity contribution in [2.45, 2.75) is 44.5 Å². The van der Waals surface area contributed by atoms with Gasteiger partial charge in [-0.2, -0.15) is 23.3 Å². The molecule has 1 aliphatic carbocycles. The molecule has 1 aromatic rings. The van der Waals surface area contributed by atoms with Crippen molar-refractivity contribution < 1.29 is 23.1 Å². The quantitative estimate of drug-likeness (QED) is 0.862. The van der Waals surface area contributed by atoms with E-state index in [1.54, 1.807) is 6.92 Å². The van der Waals surface area contributed by atoms with Crippen molar-refractivity contribution in [2.24, 2.45) is 11.0 Å². The molecule has 1 fully saturated rings. The number of pyridine rings is 1. The first-order valence-corrected chi connectivity index (χ1v) is 7.39. The maximum Gasteiger partial charge on any atom is 0.439 e. The van der Waals surface area contributed by atoms with Gasteiger partial charge >= 0.3 is 6.18 Å². The molecule has 3 rings (SSSR count). The molecule has 2 atom stereocenters. The number of amides is 1. The maximum atomic E-state index is 13.6. The topological polar surface area (TPSA) is 65.8 Å². The van der Waals surface area contributed by atoms with E-state index in [4.69, 9.17) is 0 Å². The van der Waals surface area contributed by atoms with E-state index in [9.17, 15) is 23.1 Å². The van der Waals surface area contributed by atoms with Crippen LogP contribution in [0.3, 0.4) is 0 Å². The zero-order valence-electron chi connectivity index (χ0n) is 12.5. The minimum atomic E-state index is -4.99. The molecule has 1 aromatic heterocycles. The number of aryl methyl sites for hydroxylation is 1. The molecule has 0 saturated heterocycles. The number of hydrazone groups is 1. The van der Waals surface area contributed by atoms with Gasteiger partial charge in [-0.1, -0.05) is 6.42 Å². The normalized spacial score (nSPS) is 27.6. The van der Waals surface area contributed by atoms with E-state index in [-0.39, 0.29) is 22.7 Å². The van der Waals surface area contributed by atoms with Crippen molar-refractivity contribution in [1.82, 2.24) is 9.99 Å². The van der Waals surface area contributed by atoms with Crippen molar-refractivity contribution >= 4 is 11.6 Å². The van der Waals surface area contributed by atoms with Crippen molar-refractivity contribution in [3.05, 3.63) is 29.6 Å². The van der Waals surface area contributed by atoms with E-state index < -0.39 is 23.7 Å². The maximum absolute atomic E-state index is 13.6. The Balaban J connectivity index is 2.03. The fraction of sp³-hybridized carbons (Fsp3) is 0.533. The number of hydrogen-bond acceptors (Lipinski definition) is 4. The van der Waals surface area contributed by atoms with Gasteiger partial charge in [0.15, 0.2) is 0 Å². The van der Waals surface area contributed by atoms with Gasteiger partial charge < -0.3 is 5.11 Å². The summed E-state index contributed by atoms with van der Waals surface area (Å²) in [5.74, 6) is -2.20. The van der Waals surface area contributed by atoms with Crippen LogP contribution in [0.2, 0.25) is 0 Å². The van der Waals surface area contributed by atoms with Crippen LogP contribution in [0.25, 0.3) is 0 Å². The van der Waals surface area contributed by atoms with Crippen LogP contribution in [-0.2, 0) is 0 Å². The van der Waals surface area contributed by atoms with Crippen molar-refractivity contribution in [1.29, 1.82) is 0 Å². The molecule has 1 aliphatic heterocycles. The number of halogens is 3. The van der Waals surface area contributed by atoms with Crippen molar-refractivity contribution in [2.75, 3.05) is 0 Å². The van der Waals surface area contributed by atoms with E-state index in [0.29, 0.717) is 25.0 Å². The lowest BCUT2D eigenvalue weighted by atomic mass is 9.80. The first-order chi connectivity index (χ1) is 10.7. The molecule has 2 aliphatic rings. The van der Waals surface area contributed by atoms with Crippen LogP contribution in [0.1, 0.15) is 41.7 Å². The number of carbonyl (C=O) groups is 1. The van der Waals surface area contributed by atoms with Gasteiger partial charge in [0, 0.05) is 17.6 Å². The minimum Gasteiger partial charge on any atom is -0.362 e. The second-order valence-corrected chi connectivity index (χ2v) is 5.92. The lowest BCUT2D eigenvalue weighted by molar-refractivity contribution is -0.312. The number of carbonyl (C=O) groups excluding carboxylic acids is 1. The summed E-state index contributed by atoms with van der Waals surface area (Å²) in [7, 11) is 0. The zero-order chi connectivity index (χ0) is 16.8. The van der Waals surface area contributed by atoms with Gasteiger partial charge in [-0.05, 0) is 38.3 Å². The molecule has 0 bridgehead atoms. The van der Waals surface area contributed by atoms with Crippen LogP contribution in [0.4, 0.5) is 13.2 Å². The molecule has 1 saturated carbocycles. The summed E-state index contributed by atoms with van der Waals surface area (Å²) in [6.07, 6.45) is -2.01. The second kappa shape index (κ2) is 5.30. The number of rotatable bonds is 1. The van der Waals surface area contributed by atoms with Crippen molar-refractivity contribution in [3.8, 4) is 0 Å². The third kappa shape index (κ3) is 2.41. The lowest BCUT2D eigenvalue weighted by Gasteiger charge is -2.38. The molecule has 5 nitrogen and oxygen atoms in total. The van der Waals surface area contributed by atoms with E-state index in [2.05, 4.69) is 10.1 Å². The largest absolute Gasteiger partial charge is 0.439 e. The van der Waals surface area contributed by atoms with Crippen LogP contribution < -0.4 is 0 Å². The number of aliphatic hydroxyl groups is 1. The SMILES string of the molecule is Cc1ccc(C(=O)N2N=C3CCCC[C@@H]3[C@@]2(O)C(F)(F)F)cn1. The van der Waals surface area contributed by atoms with Gasteiger partial charge in [-0.15, -0.1) is 0 Å². The predicted molar refractivity (Wildman–Crippen MR) is 75.5 cm³/mol. The Kier molecular flexibility index (Phi) is 3.66. The Morgan fingerprint density at radius 1 is 1.39 bits per heavy atom. The number of aromatic nitrogens is 1. The summed E-state index contributed by atoms with van der Waals surface area (Å²) in [6, 6.07) is 2.90. The molecular formula is C15H16F3N3O2. The zero-order valence-corrected chi connectivity index (χ0v) is 12.5. The summed E-state index contributed by atoms with van der Waals surface area (Å²) in [5.41, 5.74) is -2.45. The van der Waals surface area contributed by atoms with Gasteiger partial charge in [-0.3, -0.25) is 9.78 Å². The highest BCUT2D eigenvalue weighted by molar-refractivity contribution is 5.99. The van der Waals surface area contributed by atoms with Crippen molar-refractivity contribution in [3.63, 3.8) is 0 Å². The summed E-state index contributed by atoms with van der Waals surface area (Å²) in [6.45, 7) is 1.70. The number of fused-ring (bicyclic) bond motifs is 1. The highest BCUT2D eigenvalue weighted by Gasteiger charge is 2.68. The number of nitrogens with zero attached hydrogens (tertiary/aromatic N) is 3. The molecule has 124 valence electrons. The van der Waals surface area contributed by atoms with Crippen LogP contribution in [0, 0.1) is 12.8 Å². The van der Waals surface area contributed by atoms with Crippen LogP contribution in [0.15, 0.2) is 23.4 Å². The van der Waals surface area contributed by atoms with E-state index in [1.807, 2.05) is 0 Å². The summed E-state index contributed by atoms with van der Waals surface area (Å²) in [5, 5.41) is 14.4. The third-order valence-corrected chi connectivity index (χ3v) is 4.38. The summed E-state index contributed by atoms with van der Waals surface area (Å²) in [4.78, 5) is 16.4. The number of hydrogen-bond donors (Lipinski definition) is 1. The van der Waals surface area contributed by atoms with Gasteiger partial charge in [0.2, 0.25) is 0 Å². The fourth-order valence-electron chi connectivity index (χ4n) is 3.14. The second-order valence-electron chi connectivity index (χ2n) is 5.92.